The van der Waals surface area contributed by atoms with Crippen molar-refractivity contribution < 1.29 is 14.6 Å². The van der Waals surface area contributed by atoms with E-state index in [2.05, 4.69) is 4.98 Å². The maximum absolute atomic E-state index is 13.2. The summed E-state index contributed by atoms with van der Waals surface area (Å²) in [6.07, 6.45) is 0.372. The summed E-state index contributed by atoms with van der Waals surface area (Å²) >= 11 is 1.39. The van der Waals surface area contributed by atoms with Crippen LogP contribution in [0.25, 0.3) is 21.3 Å². The van der Waals surface area contributed by atoms with Crippen LogP contribution in [0.4, 0.5) is 0 Å². The Bertz CT molecular complexity index is 1000. The summed E-state index contributed by atoms with van der Waals surface area (Å²) in [6, 6.07) is 6.88. The van der Waals surface area contributed by atoms with Crippen LogP contribution < -0.4 is 5.56 Å². The molecule has 2 heterocycles. The number of hydrogen-bond acceptors (Lipinski definition) is 5. The Morgan fingerprint density at radius 3 is 2.65 bits per heavy atom. The number of nitrogens with zero attached hydrogens (tertiary/aromatic N) is 2. The van der Waals surface area contributed by atoms with Gasteiger partial charge >= 0.3 is 5.97 Å². The molecule has 3 rings (SSSR count). The second-order valence-electron chi connectivity index (χ2n) is 6.16. The van der Waals surface area contributed by atoms with Gasteiger partial charge in [-0.05, 0) is 19.4 Å². The molecule has 0 aliphatic heterocycles. The average molecular weight is 372 g/mol. The van der Waals surface area contributed by atoms with E-state index in [1.54, 1.807) is 7.11 Å². The Morgan fingerprint density at radius 1 is 1.35 bits per heavy atom. The van der Waals surface area contributed by atoms with Gasteiger partial charge < -0.3 is 9.84 Å². The standard InChI is InChI=1S/C19H20N2O4S/c1-11-4-6-13(7-5-11)14-10-26-17-16(14)18(22)21(12(2)19(23)24)15(20-17)8-9-25-3/h4-7,10,12H,8-9H2,1-3H3,(H,23,24). The molecule has 0 spiro atoms. The Morgan fingerprint density at radius 2 is 2.04 bits per heavy atom. The minimum Gasteiger partial charge on any atom is -0.480 e. The largest absolute Gasteiger partial charge is 0.480 e. The van der Waals surface area contributed by atoms with Crippen molar-refractivity contribution in [3.8, 4) is 11.1 Å². The summed E-state index contributed by atoms with van der Waals surface area (Å²) in [5.74, 6) is -0.643. The first-order valence-electron chi connectivity index (χ1n) is 8.25. The minimum absolute atomic E-state index is 0.326. The summed E-state index contributed by atoms with van der Waals surface area (Å²) in [5.41, 5.74) is 2.50. The average Bonchev–Trinajstić information content (AvgIpc) is 3.04. The highest BCUT2D eigenvalue weighted by molar-refractivity contribution is 7.17. The molecule has 0 fully saturated rings. The van der Waals surface area contributed by atoms with E-state index < -0.39 is 12.0 Å². The number of aryl methyl sites for hydroxylation is 1. The van der Waals surface area contributed by atoms with E-state index in [-0.39, 0.29) is 5.56 Å². The molecule has 0 radical (unpaired) electrons. The molecule has 1 unspecified atom stereocenters. The van der Waals surface area contributed by atoms with Crippen molar-refractivity contribution in [3.63, 3.8) is 0 Å². The van der Waals surface area contributed by atoms with Gasteiger partial charge in [0.1, 0.15) is 16.7 Å². The Labute approximate surface area is 154 Å². The topological polar surface area (TPSA) is 81.4 Å². The van der Waals surface area contributed by atoms with Gasteiger partial charge in [-0.3, -0.25) is 9.36 Å². The molecule has 26 heavy (non-hydrogen) atoms. The molecular formula is C19H20N2O4S. The number of fused-ring (bicyclic) bond motifs is 1. The number of aliphatic carboxylic acids is 1. The summed E-state index contributed by atoms with van der Waals surface area (Å²) in [5, 5.41) is 11.8. The van der Waals surface area contributed by atoms with Gasteiger partial charge in [-0.1, -0.05) is 29.8 Å². The van der Waals surface area contributed by atoms with E-state index in [9.17, 15) is 14.7 Å². The third-order valence-corrected chi connectivity index (χ3v) is 5.22. The van der Waals surface area contributed by atoms with Gasteiger partial charge in [-0.25, -0.2) is 9.78 Å². The Balaban J connectivity index is 2.26. The van der Waals surface area contributed by atoms with Gasteiger partial charge in [0, 0.05) is 24.5 Å². The van der Waals surface area contributed by atoms with Gasteiger partial charge in [-0.15, -0.1) is 11.3 Å². The van der Waals surface area contributed by atoms with Crippen LogP contribution in [0.1, 0.15) is 24.4 Å². The fourth-order valence-electron chi connectivity index (χ4n) is 2.87. The van der Waals surface area contributed by atoms with Crippen LogP contribution in [0.3, 0.4) is 0 Å². The van der Waals surface area contributed by atoms with E-state index in [4.69, 9.17) is 4.74 Å². The van der Waals surface area contributed by atoms with E-state index >= 15 is 0 Å². The van der Waals surface area contributed by atoms with Crippen molar-refractivity contribution in [3.05, 3.63) is 51.4 Å². The summed E-state index contributed by atoms with van der Waals surface area (Å²) in [6.45, 7) is 3.85. The van der Waals surface area contributed by atoms with E-state index in [1.807, 2.05) is 36.6 Å². The molecule has 0 aliphatic rings. The van der Waals surface area contributed by atoms with Crippen molar-refractivity contribution in [2.75, 3.05) is 13.7 Å². The zero-order valence-electron chi connectivity index (χ0n) is 14.9. The molecule has 136 valence electrons. The van der Waals surface area contributed by atoms with Crippen LogP contribution in [0, 0.1) is 6.92 Å². The lowest BCUT2D eigenvalue weighted by Crippen LogP contribution is -2.32. The lowest BCUT2D eigenvalue weighted by Gasteiger charge is -2.16. The van der Waals surface area contributed by atoms with Crippen LogP contribution in [0.5, 0.6) is 0 Å². The molecule has 2 aromatic heterocycles. The second kappa shape index (κ2) is 7.39. The highest BCUT2D eigenvalue weighted by atomic mass is 32.1. The summed E-state index contributed by atoms with van der Waals surface area (Å²) in [7, 11) is 1.56. The van der Waals surface area contributed by atoms with Crippen LogP contribution in [0.2, 0.25) is 0 Å². The Kier molecular flexibility index (Phi) is 5.20. The number of ether oxygens (including phenoxy) is 1. The lowest BCUT2D eigenvalue weighted by molar-refractivity contribution is -0.140. The molecule has 1 atom stereocenters. The first-order chi connectivity index (χ1) is 12.4. The first-order valence-corrected chi connectivity index (χ1v) is 9.13. The first kappa shape index (κ1) is 18.3. The zero-order chi connectivity index (χ0) is 18.8. The van der Waals surface area contributed by atoms with Crippen molar-refractivity contribution in [1.29, 1.82) is 0 Å². The van der Waals surface area contributed by atoms with E-state index in [0.717, 1.165) is 16.7 Å². The van der Waals surface area contributed by atoms with Crippen LogP contribution >= 0.6 is 11.3 Å². The maximum Gasteiger partial charge on any atom is 0.326 e. The second-order valence-corrected chi connectivity index (χ2v) is 7.01. The quantitative estimate of drug-likeness (QED) is 0.718. The fourth-order valence-corrected chi connectivity index (χ4v) is 3.83. The number of rotatable bonds is 6. The fraction of sp³-hybridized carbons (Fsp3) is 0.316. The minimum atomic E-state index is -1.07. The van der Waals surface area contributed by atoms with Gasteiger partial charge in [0.2, 0.25) is 0 Å². The van der Waals surface area contributed by atoms with E-state index in [1.165, 1.54) is 22.8 Å². The highest BCUT2D eigenvalue weighted by Crippen LogP contribution is 2.31. The van der Waals surface area contributed by atoms with Crippen LogP contribution in [0.15, 0.2) is 34.4 Å². The summed E-state index contributed by atoms with van der Waals surface area (Å²) in [4.78, 5) is 29.9. The molecular weight excluding hydrogens is 352 g/mol. The number of carbonyl (C=O) groups is 1. The van der Waals surface area contributed by atoms with Crippen LogP contribution in [-0.4, -0.2) is 34.3 Å². The lowest BCUT2D eigenvalue weighted by atomic mass is 10.0. The maximum atomic E-state index is 13.2. The number of carboxylic acid groups (broad SMARTS) is 1. The van der Waals surface area contributed by atoms with Crippen LogP contribution in [-0.2, 0) is 16.0 Å². The number of methoxy groups -OCH3 is 1. The zero-order valence-corrected chi connectivity index (χ0v) is 15.7. The normalized spacial score (nSPS) is 12.4. The predicted molar refractivity (Wildman–Crippen MR) is 102 cm³/mol. The summed E-state index contributed by atoms with van der Waals surface area (Å²) < 4.78 is 6.35. The molecule has 1 aromatic carbocycles. The molecule has 0 bridgehead atoms. The third kappa shape index (κ3) is 3.27. The smallest absolute Gasteiger partial charge is 0.326 e. The molecule has 0 amide bonds. The van der Waals surface area contributed by atoms with Gasteiger partial charge in [-0.2, -0.15) is 0 Å². The number of hydrogen-bond donors (Lipinski definition) is 1. The van der Waals surface area contributed by atoms with Crippen molar-refractivity contribution >= 4 is 27.5 Å². The Hall–Kier alpha value is -2.51. The van der Waals surface area contributed by atoms with Crippen molar-refractivity contribution in [2.45, 2.75) is 26.3 Å². The number of thiophene rings is 1. The number of benzene rings is 1. The SMILES string of the molecule is COCCc1nc2scc(-c3ccc(C)cc3)c2c(=O)n1C(C)C(=O)O. The molecule has 1 N–H and O–H groups in total. The van der Waals surface area contributed by atoms with E-state index in [0.29, 0.717) is 29.1 Å². The molecule has 6 nitrogen and oxygen atoms in total. The van der Waals surface area contributed by atoms with Gasteiger partial charge in [0.25, 0.3) is 5.56 Å². The molecule has 0 saturated heterocycles. The monoisotopic (exact) mass is 372 g/mol. The van der Waals surface area contributed by atoms with Gasteiger partial charge in [0.15, 0.2) is 0 Å². The number of aromatic nitrogens is 2. The molecule has 7 heteroatoms. The number of carboxylic acids is 1. The molecule has 3 aromatic rings. The van der Waals surface area contributed by atoms with Crippen molar-refractivity contribution in [2.24, 2.45) is 0 Å². The van der Waals surface area contributed by atoms with Gasteiger partial charge in [0.05, 0.1) is 12.0 Å². The van der Waals surface area contributed by atoms with Crippen molar-refractivity contribution in [1.82, 2.24) is 9.55 Å². The highest BCUT2D eigenvalue weighted by Gasteiger charge is 2.23. The molecule has 0 aliphatic carbocycles. The third-order valence-electron chi connectivity index (χ3n) is 4.35. The predicted octanol–water partition coefficient (Wildman–Crippen LogP) is 3.27. The molecule has 0 saturated carbocycles.